The van der Waals surface area contributed by atoms with Gasteiger partial charge in [-0.15, -0.1) is 11.8 Å². The van der Waals surface area contributed by atoms with Crippen molar-refractivity contribution in [1.29, 1.82) is 0 Å². The van der Waals surface area contributed by atoms with Crippen molar-refractivity contribution in [1.82, 2.24) is 0 Å². The molecule has 0 bridgehead atoms. The second-order valence-electron chi connectivity index (χ2n) is 4.98. The van der Waals surface area contributed by atoms with Crippen molar-refractivity contribution >= 4 is 11.8 Å². The minimum Gasteiger partial charge on any atom is -0.393 e. The van der Waals surface area contributed by atoms with E-state index >= 15 is 0 Å². The highest BCUT2D eigenvalue weighted by Gasteiger charge is 2.23. The molecule has 3 atom stereocenters. The van der Waals surface area contributed by atoms with Gasteiger partial charge in [0.15, 0.2) is 0 Å². The molecule has 1 aromatic carbocycles. The molecule has 0 fully saturated rings. The van der Waals surface area contributed by atoms with Gasteiger partial charge in [0.25, 0.3) is 0 Å². The Morgan fingerprint density at radius 1 is 1.38 bits per heavy atom. The number of rotatable bonds is 4. The van der Waals surface area contributed by atoms with Crippen LogP contribution in [0.2, 0.25) is 0 Å². The molecule has 1 heterocycles. The highest BCUT2D eigenvalue weighted by molar-refractivity contribution is 8.00. The summed E-state index contributed by atoms with van der Waals surface area (Å²) >= 11 is 2.01. The first-order valence-corrected chi connectivity index (χ1v) is 6.95. The summed E-state index contributed by atoms with van der Waals surface area (Å²) in [6.45, 7) is 4.13. The van der Waals surface area contributed by atoms with Gasteiger partial charge in [0.05, 0.1) is 6.10 Å². The van der Waals surface area contributed by atoms with Gasteiger partial charge in [0.1, 0.15) is 0 Å². The largest absolute Gasteiger partial charge is 0.393 e. The van der Waals surface area contributed by atoms with Crippen molar-refractivity contribution in [2.24, 2.45) is 5.92 Å². The van der Waals surface area contributed by atoms with E-state index in [9.17, 15) is 5.11 Å². The maximum atomic E-state index is 9.36. The maximum Gasteiger partial charge on any atom is 0.0514 e. The van der Waals surface area contributed by atoms with E-state index in [1.54, 1.807) is 0 Å². The van der Waals surface area contributed by atoms with Gasteiger partial charge in [-0.3, -0.25) is 0 Å². The van der Waals surface area contributed by atoms with Crippen molar-refractivity contribution in [3.05, 3.63) is 29.8 Å². The summed E-state index contributed by atoms with van der Waals surface area (Å²) in [6.07, 6.45) is 3.17. The average molecular weight is 236 g/mol. The van der Waals surface area contributed by atoms with Crippen molar-refractivity contribution in [3.8, 4) is 0 Å². The van der Waals surface area contributed by atoms with E-state index in [1.807, 2.05) is 18.7 Å². The van der Waals surface area contributed by atoms with Crippen molar-refractivity contribution in [3.63, 3.8) is 0 Å². The van der Waals surface area contributed by atoms with Crippen LogP contribution in [0.1, 0.15) is 32.3 Å². The molecule has 1 aromatic rings. The average Bonchev–Trinajstić information content (AvgIpc) is 2.57. The minimum atomic E-state index is -0.163. The van der Waals surface area contributed by atoms with E-state index in [0.29, 0.717) is 11.2 Å². The molecule has 2 rings (SSSR count). The number of aliphatic hydroxyl groups is 1. The Balaban J connectivity index is 1.87. The van der Waals surface area contributed by atoms with E-state index in [0.717, 1.165) is 6.42 Å². The predicted molar refractivity (Wildman–Crippen MR) is 69.9 cm³/mol. The van der Waals surface area contributed by atoms with E-state index in [4.69, 9.17) is 0 Å². The molecule has 1 nitrogen and oxygen atoms in total. The molecule has 1 aliphatic heterocycles. The van der Waals surface area contributed by atoms with Crippen LogP contribution in [0.4, 0.5) is 0 Å². The first kappa shape index (κ1) is 12.0. The zero-order chi connectivity index (χ0) is 11.5. The molecular weight excluding hydrogens is 216 g/mol. The van der Waals surface area contributed by atoms with Crippen LogP contribution >= 0.6 is 11.8 Å². The molecule has 1 N–H and O–H groups in total. The summed E-state index contributed by atoms with van der Waals surface area (Å²) in [7, 11) is 0. The van der Waals surface area contributed by atoms with E-state index < -0.39 is 0 Å². The first-order chi connectivity index (χ1) is 7.65. The summed E-state index contributed by atoms with van der Waals surface area (Å²) in [5, 5.41) is 10.1. The molecule has 0 aromatic heterocycles. The summed E-state index contributed by atoms with van der Waals surface area (Å²) in [6, 6.07) is 8.70. The second kappa shape index (κ2) is 5.24. The predicted octanol–water partition coefficient (Wildman–Crippen LogP) is 3.50. The third-order valence-corrected chi connectivity index (χ3v) is 4.47. The van der Waals surface area contributed by atoms with Crippen LogP contribution < -0.4 is 0 Å². The SMILES string of the molecule is CC(O)CC(C)CC1Cc2ccccc2S1. The van der Waals surface area contributed by atoms with Gasteiger partial charge in [-0.25, -0.2) is 0 Å². The molecule has 2 heteroatoms. The van der Waals surface area contributed by atoms with Crippen LogP contribution in [0.5, 0.6) is 0 Å². The molecule has 16 heavy (non-hydrogen) atoms. The minimum absolute atomic E-state index is 0.163. The highest BCUT2D eigenvalue weighted by Crippen LogP contribution is 2.39. The number of benzene rings is 1. The summed E-state index contributed by atoms with van der Waals surface area (Å²) < 4.78 is 0. The van der Waals surface area contributed by atoms with Gasteiger partial charge in [0.2, 0.25) is 0 Å². The van der Waals surface area contributed by atoms with Crippen LogP contribution in [0.25, 0.3) is 0 Å². The number of thioether (sulfide) groups is 1. The summed E-state index contributed by atoms with van der Waals surface area (Å²) in [5.41, 5.74) is 1.50. The zero-order valence-electron chi connectivity index (χ0n) is 10.0. The number of aliphatic hydroxyl groups excluding tert-OH is 1. The van der Waals surface area contributed by atoms with Gasteiger partial charge in [-0.2, -0.15) is 0 Å². The Labute approximate surface area is 102 Å². The smallest absolute Gasteiger partial charge is 0.0514 e. The van der Waals surface area contributed by atoms with Gasteiger partial charge >= 0.3 is 0 Å². The standard InChI is InChI=1S/C14H20OS/c1-10(7-11(2)15)8-13-9-12-5-3-4-6-14(12)16-13/h3-6,10-11,13,15H,7-9H2,1-2H3. The van der Waals surface area contributed by atoms with Crippen LogP contribution in [0.3, 0.4) is 0 Å². The lowest BCUT2D eigenvalue weighted by atomic mass is 9.96. The summed E-state index contributed by atoms with van der Waals surface area (Å²) in [5.74, 6) is 0.617. The van der Waals surface area contributed by atoms with E-state index in [-0.39, 0.29) is 6.10 Å². The Morgan fingerprint density at radius 3 is 2.81 bits per heavy atom. The third-order valence-electron chi connectivity index (χ3n) is 3.12. The number of hydrogen-bond acceptors (Lipinski definition) is 2. The summed E-state index contributed by atoms with van der Waals surface area (Å²) in [4.78, 5) is 1.46. The number of fused-ring (bicyclic) bond motifs is 1. The van der Waals surface area contributed by atoms with E-state index in [1.165, 1.54) is 23.3 Å². The third kappa shape index (κ3) is 3.02. The van der Waals surface area contributed by atoms with Crippen LogP contribution in [-0.2, 0) is 6.42 Å². The lowest BCUT2D eigenvalue weighted by Gasteiger charge is -2.16. The Kier molecular flexibility index (Phi) is 3.93. The maximum absolute atomic E-state index is 9.36. The van der Waals surface area contributed by atoms with Gasteiger partial charge < -0.3 is 5.11 Å². The Morgan fingerprint density at radius 2 is 2.12 bits per heavy atom. The van der Waals surface area contributed by atoms with E-state index in [2.05, 4.69) is 31.2 Å². The quantitative estimate of drug-likeness (QED) is 0.863. The fraction of sp³-hybridized carbons (Fsp3) is 0.571. The normalized spacial score (nSPS) is 22.8. The first-order valence-electron chi connectivity index (χ1n) is 6.07. The molecule has 0 saturated heterocycles. The van der Waals surface area contributed by atoms with Crippen molar-refractivity contribution < 1.29 is 5.11 Å². The van der Waals surface area contributed by atoms with Crippen LogP contribution in [-0.4, -0.2) is 16.5 Å². The van der Waals surface area contributed by atoms with Crippen LogP contribution in [0, 0.1) is 5.92 Å². The molecule has 0 amide bonds. The molecule has 88 valence electrons. The molecule has 1 aliphatic rings. The van der Waals surface area contributed by atoms with Crippen molar-refractivity contribution in [2.75, 3.05) is 0 Å². The Bertz CT molecular complexity index is 323. The van der Waals surface area contributed by atoms with Gasteiger partial charge in [-0.05, 0) is 43.7 Å². The lowest BCUT2D eigenvalue weighted by molar-refractivity contribution is 0.161. The van der Waals surface area contributed by atoms with Gasteiger partial charge in [-0.1, -0.05) is 25.1 Å². The zero-order valence-corrected chi connectivity index (χ0v) is 10.8. The second-order valence-corrected chi connectivity index (χ2v) is 6.32. The number of hydrogen-bond donors (Lipinski definition) is 1. The molecular formula is C14H20OS. The van der Waals surface area contributed by atoms with Crippen LogP contribution in [0.15, 0.2) is 29.2 Å². The lowest BCUT2D eigenvalue weighted by Crippen LogP contribution is -2.12. The molecule has 0 saturated carbocycles. The topological polar surface area (TPSA) is 20.2 Å². The molecule has 0 radical (unpaired) electrons. The fourth-order valence-corrected chi connectivity index (χ4v) is 4.02. The molecule has 0 aliphatic carbocycles. The van der Waals surface area contributed by atoms with Gasteiger partial charge in [0, 0.05) is 10.1 Å². The fourth-order valence-electron chi connectivity index (χ4n) is 2.51. The van der Waals surface area contributed by atoms with Crippen molar-refractivity contribution in [2.45, 2.75) is 49.4 Å². The highest BCUT2D eigenvalue weighted by atomic mass is 32.2. The Hall–Kier alpha value is -0.470. The monoisotopic (exact) mass is 236 g/mol. The molecule has 3 unspecified atom stereocenters. The molecule has 0 spiro atoms.